The second-order valence-electron chi connectivity index (χ2n) is 7.87. The second kappa shape index (κ2) is 9.65. The minimum Gasteiger partial charge on any atom is -0.507 e. The molecule has 0 radical (unpaired) electrons. The lowest BCUT2D eigenvalue weighted by atomic mass is 9.95. The highest BCUT2D eigenvalue weighted by atomic mass is 35.5. The molecule has 2 heterocycles. The number of rotatable bonds is 9. The molecule has 1 amide bonds. The van der Waals surface area contributed by atoms with Crippen molar-refractivity contribution in [3.05, 3.63) is 83.0 Å². The van der Waals surface area contributed by atoms with Crippen molar-refractivity contribution in [1.29, 1.82) is 0 Å². The van der Waals surface area contributed by atoms with Gasteiger partial charge in [-0.1, -0.05) is 36.4 Å². The zero-order valence-corrected chi connectivity index (χ0v) is 19.9. The first kappa shape index (κ1) is 23.4. The molecule has 1 atom stereocenters. The summed E-state index contributed by atoms with van der Waals surface area (Å²) in [5.41, 5.74) is 3.48. The minimum absolute atomic E-state index is 0.0350. The largest absolute Gasteiger partial charge is 0.507 e. The fourth-order valence-electron chi connectivity index (χ4n) is 4.16. The highest BCUT2D eigenvalue weighted by Crippen LogP contribution is 2.46. The van der Waals surface area contributed by atoms with Crippen molar-refractivity contribution in [1.82, 2.24) is 15.1 Å². The lowest BCUT2D eigenvalue weighted by Crippen LogP contribution is -2.29. The molecule has 0 saturated carbocycles. The van der Waals surface area contributed by atoms with Crippen LogP contribution in [0.15, 0.2) is 55.6 Å². The van der Waals surface area contributed by atoms with Gasteiger partial charge in [0.25, 0.3) is 5.91 Å². The topological polar surface area (TPSA) is 87.7 Å². The van der Waals surface area contributed by atoms with Crippen molar-refractivity contribution >= 4 is 17.5 Å². The Morgan fingerprint density at radius 1 is 1.21 bits per heavy atom. The number of aromatic amines is 1. The molecule has 1 unspecified atom stereocenters. The standard InChI is InChI=1S/C26H26ClN3O4/c1-5-10-30-25(16-8-9-20(34-11-6-2)21(13-16)33-7-3)22-23(28-29-24(22)26(30)32)17-14-18(27)15(4)12-19(17)31/h5-6,8-9,12-14,25,31H,1-2,7,10-11H2,3-4H3,(H,28,29). The van der Waals surface area contributed by atoms with E-state index in [9.17, 15) is 9.90 Å². The van der Waals surface area contributed by atoms with E-state index in [1.54, 1.807) is 29.2 Å². The summed E-state index contributed by atoms with van der Waals surface area (Å²) in [5, 5.41) is 18.4. The number of aromatic hydroxyl groups is 1. The number of aryl methyl sites for hydroxylation is 1. The number of fused-ring (bicyclic) bond motifs is 1. The lowest BCUT2D eigenvalue weighted by molar-refractivity contribution is 0.0764. The molecular formula is C26H26ClN3O4. The van der Waals surface area contributed by atoms with E-state index >= 15 is 0 Å². The van der Waals surface area contributed by atoms with Crippen molar-refractivity contribution in [2.24, 2.45) is 0 Å². The maximum atomic E-state index is 13.3. The predicted molar refractivity (Wildman–Crippen MR) is 132 cm³/mol. The summed E-state index contributed by atoms with van der Waals surface area (Å²) in [5.74, 6) is 0.974. The van der Waals surface area contributed by atoms with Crippen molar-refractivity contribution < 1.29 is 19.4 Å². The van der Waals surface area contributed by atoms with Crippen LogP contribution < -0.4 is 9.47 Å². The van der Waals surface area contributed by atoms with Crippen molar-refractivity contribution in [3.63, 3.8) is 0 Å². The van der Waals surface area contributed by atoms with Crippen LogP contribution >= 0.6 is 11.6 Å². The summed E-state index contributed by atoms with van der Waals surface area (Å²) in [7, 11) is 0. The maximum Gasteiger partial charge on any atom is 0.273 e. The summed E-state index contributed by atoms with van der Waals surface area (Å²) in [6.45, 7) is 12.3. The SMILES string of the molecule is C=CCOc1ccc(C2c3c(-c4cc(Cl)c(C)cc4O)n[nH]c3C(=O)N2CC=C)cc1OCC. The van der Waals surface area contributed by atoms with Gasteiger partial charge in [0.15, 0.2) is 11.5 Å². The van der Waals surface area contributed by atoms with Crippen LogP contribution in [0, 0.1) is 6.92 Å². The molecule has 8 heteroatoms. The van der Waals surface area contributed by atoms with Crippen LogP contribution in [0.5, 0.6) is 17.2 Å². The minimum atomic E-state index is -0.485. The lowest BCUT2D eigenvalue weighted by Gasteiger charge is -2.26. The van der Waals surface area contributed by atoms with Gasteiger partial charge in [-0.3, -0.25) is 9.89 Å². The Kier molecular flexibility index (Phi) is 6.65. The van der Waals surface area contributed by atoms with E-state index in [-0.39, 0.29) is 11.7 Å². The van der Waals surface area contributed by atoms with Gasteiger partial charge >= 0.3 is 0 Å². The van der Waals surface area contributed by atoms with Crippen molar-refractivity contribution in [2.75, 3.05) is 19.8 Å². The smallest absolute Gasteiger partial charge is 0.273 e. The van der Waals surface area contributed by atoms with Gasteiger partial charge in [0, 0.05) is 22.7 Å². The molecule has 1 aromatic heterocycles. The summed E-state index contributed by atoms with van der Waals surface area (Å²) in [4.78, 5) is 15.0. The number of amides is 1. The average molecular weight is 480 g/mol. The first-order valence-corrected chi connectivity index (χ1v) is 11.3. The molecule has 7 nitrogen and oxygen atoms in total. The number of hydrogen-bond acceptors (Lipinski definition) is 5. The molecule has 34 heavy (non-hydrogen) atoms. The molecule has 2 aromatic carbocycles. The normalized spacial score (nSPS) is 14.7. The molecule has 4 rings (SSSR count). The van der Waals surface area contributed by atoms with E-state index in [1.807, 2.05) is 32.0 Å². The number of nitrogens with one attached hydrogen (secondary N) is 1. The number of H-pyrrole nitrogens is 1. The molecule has 0 bridgehead atoms. The molecule has 176 valence electrons. The predicted octanol–water partition coefficient (Wildman–Crippen LogP) is 5.44. The number of halogens is 1. The van der Waals surface area contributed by atoms with Gasteiger partial charge in [0.1, 0.15) is 23.7 Å². The summed E-state index contributed by atoms with van der Waals surface area (Å²) in [6.07, 6.45) is 3.34. The summed E-state index contributed by atoms with van der Waals surface area (Å²) < 4.78 is 11.6. The number of aromatic nitrogens is 2. The molecule has 0 spiro atoms. The van der Waals surface area contributed by atoms with Crippen LogP contribution in [0.1, 0.15) is 40.1 Å². The number of phenolic OH excluding ortho intramolecular Hbond substituents is 1. The maximum absolute atomic E-state index is 13.3. The molecule has 3 aromatic rings. The van der Waals surface area contributed by atoms with Gasteiger partial charge in [0.2, 0.25) is 0 Å². The van der Waals surface area contributed by atoms with Gasteiger partial charge in [-0.2, -0.15) is 5.10 Å². The Bertz CT molecular complexity index is 1270. The monoisotopic (exact) mass is 479 g/mol. The van der Waals surface area contributed by atoms with Crippen molar-refractivity contribution in [2.45, 2.75) is 19.9 Å². The van der Waals surface area contributed by atoms with Gasteiger partial charge in [-0.05, 0) is 49.2 Å². The molecule has 0 saturated heterocycles. The Labute approximate surface area is 203 Å². The second-order valence-corrected chi connectivity index (χ2v) is 8.27. The third kappa shape index (κ3) is 4.03. The van der Waals surface area contributed by atoms with Crippen LogP contribution in [0.25, 0.3) is 11.3 Å². The number of ether oxygens (including phenoxy) is 2. The van der Waals surface area contributed by atoms with E-state index in [1.165, 1.54) is 0 Å². The number of carbonyl (C=O) groups excluding carboxylic acids is 1. The fraction of sp³-hybridized carbons (Fsp3) is 0.231. The van der Waals surface area contributed by atoms with Crippen LogP contribution in [0.3, 0.4) is 0 Å². The number of hydrogen-bond donors (Lipinski definition) is 2. The Morgan fingerprint density at radius 2 is 2.00 bits per heavy atom. The third-order valence-corrected chi connectivity index (χ3v) is 6.07. The molecule has 1 aliphatic rings. The van der Waals surface area contributed by atoms with E-state index in [0.717, 1.165) is 11.1 Å². The zero-order chi connectivity index (χ0) is 24.4. The van der Waals surface area contributed by atoms with Crippen LogP contribution in [0.4, 0.5) is 0 Å². The highest BCUT2D eigenvalue weighted by Gasteiger charge is 2.42. The fourth-order valence-corrected chi connectivity index (χ4v) is 4.33. The van der Waals surface area contributed by atoms with Crippen LogP contribution in [-0.4, -0.2) is 45.9 Å². The number of nitrogens with zero attached hydrogens (tertiary/aromatic N) is 2. The Balaban J connectivity index is 1.89. The highest BCUT2D eigenvalue weighted by molar-refractivity contribution is 6.31. The van der Waals surface area contributed by atoms with E-state index in [0.29, 0.717) is 58.8 Å². The summed E-state index contributed by atoms with van der Waals surface area (Å²) in [6, 6.07) is 8.34. The molecule has 0 fully saturated rings. The van der Waals surface area contributed by atoms with E-state index in [2.05, 4.69) is 23.4 Å². The first-order chi connectivity index (χ1) is 16.4. The van der Waals surface area contributed by atoms with E-state index < -0.39 is 6.04 Å². The zero-order valence-electron chi connectivity index (χ0n) is 19.1. The van der Waals surface area contributed by atoms with Gasteiger partial charge < -0.3 is 19.5 Å². The molecule has 0 aliphatic carbocycles. The number of benzene rings is 2. The molecule has 2 N–H and O–H groups in total. The average Bonchev–Trinajstić information content (AvgIpc) is 3.35. The van der Waals surface area contributed by atoms with Gasteiger partial charge in [0.05, 0.1) is 12.6 Å². The summed E-state index contributed by atoms with van der Waals surface area (Å²) >= 11 is 6.35. The number of phenols is 1. The quantitative estimate of drug-likeness (QED) is 0.399. The van der Waals surface area contributed by atoms with Gasteiger partial charge in [-0.15, -0.1) is 6.58 Å². The Hall–Kier alpha value is -3.71. The first-order valence-electron chi connectivity index (χ1n) is 10.9. The Morgan fingerprint density at radius 3 is 2.71 bits per heavy atom. The number of carbonyl (C=O) groups is 1. The van der Waals surface area contributed by atoms with Gasteiger partial charge in [-0.25, -0.2) is 0 Å². The molecule has 1 aliphatic heterocycles. The third-order valence-electron chi connectivity index (χ3n) is 5.66. The molecular weight excluding hydrogens is 454 g/mol. The van der Waals surface area contributed by atoms with Crippen LogP contribution in [-0.2, 0) is 0 Å². The van der Waals surface area contributed by atoms with E-state index in [4.69, 9.17) is 21.1 Å². The van der Waals surface area contributed by atoms with Crippen molar-refractivity contribution in [3.8, 4) is 28.5 Å². The van der Waals surface area contributed by atoms with Crippen LogP contribution in [0.2, 0.25) is 5.02 Å².